The second kappa shape index (κ2) is 8.06. The molecule has 0 N–H and O–H groups in total. The Balaban J connectivity index is 2.89. The minimum atomic E-state index is -0.164. The average molecular weight is 247 g/mol. The smallest absolute Gasteiger partial charge is 0.192 e. The van der Waals surface area contributed by atoms with E-state index in [1.54, 1.807) is 24.5 Å². The van der Waals surface area contributed by atoms with Crippen LogP contribution in [0.2, 0.25) is 0 Å². The lowest BCUT2D eigenvalue weighted by molar-refractivity contribution is -0.109. The molecule has 4 heteroatoms. The number of ether oxygens (including phenoxy) is 2. The molecular weight excluding hydrogens is 230 g/mol. The van der Waals surface area contributed by atoms with Crippen LogP contribution in [-0.4, -0.2) is 24.0 Å². The number of hydrogen-bond donors (Lipinski definition) is 0. The van der Waals surface area contributed by atoms with Gasteiger partial charge in [-0.15, -0.1) is 0 Å². The zero-order valence-corrected chi connectivity index (χ0v) is 10.6. The summed E-state index contributed by atoms with van der Waals surface area (Å²) >= 11 is 0. The fraction of sp³-hybridized carbons (Fsp3) is 0.286. The molecule has 0 aromatic carbocycles. The van der Waals surface area contributed by atoms with Crippen molar-refractivity contribution in [1.29, 1.82) is 0 Å². The highest BCUT2D eigenvalue weighted by atomic mass is 16.5. The third-order valence-corrected chi connectivity index (χ3v) is 2.11. The van der Waals surface area contributed by atoms with Gasteiger partial charge in [0.2, 0.25) is 0 Å². The molecule has 1 heterocycles. The molecule has 0 saturated carbocycles. The van der Waals surface area contributed by atoms with Crippen molar-refractivity contribution in [2.45, 2.75) is 13.8 Å². The standard InChI is InChI=1S/C14H17NO3/c1-3-17-10-7-14(16)13(11-18-4-2)12-5-8-15-9-6-12/h5-11H,3-4H2,1-2H3/b10-7+,13-11+. The molecule has 1 rings (SSSR count). The van der Waals surface area contributed by atoms with Gasteiger partial charge in [-0.05, 0) is 31.5 Å². The van der Waals surface area contributed by atoms with Crippen LogP contribution in [0.5, 0.6) is 0 Å². The number of ketones is 1. The highest BCUT2D eigenvalue weighted by Crippen LogP contribution is 2.15. The summed E-state index contributed by atoms with van der Waals surface area (Å²) in [7, 11) is 0. The molecule has 0 unspecified atom stereocenters. The van der Waals surface area contributed by atoms with E-state index in [4.69, 9.17) is 9.47 Å². The van der Waals surface area contributed by atoms with Gasteiger partial charge in [0.25, 0.3) is 0 Å². The number of aromatic nitrogens is 1. The number of nitrogens with zero attached hydrogens (tertiary/aromatic N) is 1. The largest absolute Gasteiger partial charge is 0.501 e. The third-order valence-electron chi connectivity index (χ3n) is 2.11. The quantitative estimate of drug-likeness (QED) is 0.549. The van der Waals surface area contributed by atoms with Crippen molar-refractivity contribution < 1.29 is 14.3 Å². The fourth-order valence-electron chi connectivity index (χ4n) is 1.26. The molecule has 0 amide bonds. The van der Waals surface area contributed by atoms with Gasteiger partial charge in [0.1, 0.15) is 0 Å². The lowest BCUT2D eigenvalue weighted by atomic mass is 10.0. The Labute approximate surface area is 107 Å². The second-order valence-electron chi connectivity index (χ2n) is 3.35. The van der Waals surface area contributed by atoms with Crippen molar-refractivity contribution in [2.24, 2.45) is 0 Å². The van der Waals surface area contributed by atoms with Gasteiger partial charge in [0, 0.05) is 18.5 Å². The van der Waals surface area contributed by atoms with E-state index in [1.807, 2.05) is 13.8 Å². The SMILES string of the molecule is CCO/C=C/C(=O)/C(=C/OCC)c1ccncc1. The van der Waals surface area contributed by atoms with E-state index in [0.29, 0.717) is 18.8 Å². The molecular formula is C14H17NO3. The van der Waals surface area contributed by atoms with E-state index in [0.717, 1.165) is 5.56 Å². The zero-order chi connectivity index (χ0) is 13.2. The average Bonchev–Trinajstić information content (AvgIpc) is 2.41. The van der Waals surface area contributed by atoms with Crippen LogP contribution in [0, 0.1) is 0 Å². The maximum Gasteiger partial charge on any atom is 0.192 e. The van der Waals surface area contributed by atoms with Crippen LogP contribution < -0.4 is 0 Å². The molecule has 4 nitrogen and oxygen atoms in total. The molecule has 96 valence electrons. The Morgan fingerprint density at radius 2 is 1.89 bits per heavy atom. The Kier molecular flexibility index (Phi) is 6.25. The van der Waals surface area contributed by atoms with Crippen LogP contribution in [0.25, 0.3) is 5.57 Å². The third kappa shape index (κ3) is 4.41. The summed E-state index contributed by atoms with van der Waals surface area (Å²) in [5, 5.41) is 0. The van der Waals surface area contributed by atoms with Crippen LogP contribution in [0.1, 0.15) is 19.4 Å². The first-order valence-corrected chi connectivity index (χ1v) is 5.84. The minimum Gasteiger partial charge on any atom is -0.501 e. The molecule has 0 aliphatic carbocycles. The Morgan fingerprint density at radius 1 is 1.22 bits per heavy atom. The van der Waals surface area contributed by atoms with Crippen molar-refractivity contribution in [3.8, 4) is 0 Å². The maximum absolute atomic E-state index is 12.0. The molecule has 1 aromatic heterocycles. The first kappa shape index (κ1) is 14.0. The van der Waals surface area contributed by atoms with Crippen LogP contribution in [-0.2, 0) is 14.3 Å². The number of pyridine rings is 1. The van der Waals surface area contributed by atoms with E-state index in [2.05, 4.69) is 4.98 Å². The number of rotatable bonds is 7. The van der Waals surface area contributed by atoms with Crippen LogP contribution in [0.4, 0.5) is 0 Å². The van der Waals surface area contributed by atoms with Gasteiger partial charge < -0.3 is 9.47 Å². The van der Waals surface area contributed by atoms with Gasteiger partial charge in [-0.25, -0.2) is 0 Å². The van der Waals surface area contributed by atoms with Crippen LogP contribution in [0.15, 0.2) is 43.1 Å². The van der Waals surface area contributed by atoms with Crippen molar-refractivity contribution in [3.05, 3.63) is 48.7 Å². The summed E-state index contributed by atoms with van der Waals surface area (Å²) in [4.78, 5) is 15.9. The fourth-order valence-corrected chi connectivity index (χ4v) is 1.26. The molecule has 0 saturated heterocycles. The molecule has 0 aliphatic heterocycles. The van der Waals surface area contributed by atoms with Gasteiger partial charge in [0.15, 0.2) is 5.78 Å². The Morgan fingerprint density at radius 3 is 2.50 bits per heavy atom. The van der Waals surface area contributed by atoms with Crippen molar-refractivity contribution >= 4 is 11.4 Å². The Bertz CT molecular complexity index is 424. The van der Waals surface area contributed by atoms with E-state index >= 15 is 0 Å². The number of carbonyl (C=O) groups excluding carboxylic acids is 1. The molecule has 0 spiro atoms. The molecule has 0 bridgehead atoms. The molecule has 18 heavy (non-hydrogen) atoms. The van der Waals surface area contributed by atoms with E-state index in [1.165, 1.54) is 18.6 Å². The first-order valence-electron chi connectivity index (χ1n) is 5.84. The lowest BCUT2D eigenvalue weighted by Crippen LogP contribution is -2.00. The summed E-state index contributed by atoms with van der Waals surface area (Å²) in [5.74, 6) is -0.164. The van der Waals surface area contributed by atoms with Gasteiger partial charge >= 0.3 is 0 Å². The predicted octanol–water partition coefficient (Wildman–Crippen LogP) is 2.58. The Hall–Kier alpha value is -2.10. The monoisotopic (exact) mass is 247 g/mol. The summed E-state index contributed by atoms with van der Waals surface area (Å²) in [6.45, 7) is 4.76. The van der Waals surface area contributed by atoms with Crippen LogP contribution in [0.3, 0.4) is 0 Å². The molecule has 0 aliphatic rings. The second-order valence-corrected chi connectivity index (χ2v) is 3.35. The lowest BCUT2D eigenvalue weighted by Gasteiger charge is -2.04. The first-order chi connectivity index (χ1) is 8.79. The van der Waals surface area contributed by atoms with Gasteiger partial charge in [-0.3, -0.25) is 9.78 Å². The zero-order valence-electron chi connectivity index (χ0n) is 10.6. The van der Waals surface area contributed by atoms with Gasteiger partial charge in [0.05, 0.1) is 31.3 Å². The number of carbonyl (C=O) groups is 1. The topological polar surface area (TPSA) is 48.4 Å². The maximum atomic E-state index is 12.0. The normalized spacial score (nSPS) is 11.6. The minimum absolute atomic E-state index is 0.164. The van der Waals surface area contributed by atoms with Gasteiger partial charge in [-0.2, -0.15) is 0 Å². The highest BCUT2D eigenvalue weighted by Gasteiger charge is 2.09. The molecule has 0 fully saturated rings. The van der Waals surface area contributed by atoms with Crippen molar-refractivity contribution in [3.63, 3.8) is 0 Å². The van der Waals surface area contributed by atoms with E-state index in [-0.39, 0.29) is 5.78 Å². The summed E-state index contributed by atoms with van der Waals surface area (Å²) < 4.78 is 10.2. The number of allylic oxidation sites excluding steroid dienone is 2. The van der Waals surface area contributed by atoms with Crippen molar-refractivity contribution in [2.75, 3.05) is 13.2 Å². The summed E-state index contributed by atoms with van der Waals surface area (Å²) in [6.07, 6.45) is 7.51. The molecule has 0 radical (unpaired) electrons. The number of hydrogen-bond acceptors (Lipinski definition) is 4. The summed E-state index contributed by atoms with van der Waals surface area (Å²) in [6, 6.07) is 3.52. The van der Waals surface area contributed by atoms with Crippen LogP contribution >= 0.6 is 0 Å². The van der Waals surface area contributed by atoms with Gasteiger partial charge in [-0.1, -0.05) is 0 Å². The van der Waals surface area contributed by atoms with E-state index in [9.17, 15) is 4.79 Å². The van der Waals surface area contributed by atoms with Crippen molar-refractivity contribution in [1.82, 2.24) is 4.98 Å². The molecule has 1 aromatic rings. The summed E-state index contributed by atoms with van der Waals surface area (Å²) in [5.41, 5.74) is 1.25. The molecule has 0 atom stereocenters. The predicted molar refractivity (Wildman–Crippen MR) is 69.6 cm³/mol. The van der Waals surface area contributed by atoms with E-state index < -0.39 is 0 Å². The highest BCUT2D eigenvalue weighted by molar-refractivity contribution is 6.25.